The molecule has 0 radical (unpaired) electrons. The molecule has 1 saturated carbocycles. The fraction of sp³-hybridized carbons (Fsp3) is 0.538. The summed E-state index contributed by atoms with van der Waals surface area (Å²) >= 11 is 0. The molecule has 2 aromatic rings. The fourth-order valence-corrected chi connectivity index (χ4v) is 5.11. The summed E-state index contributed by atoms with van der Waals surface area (Å²) in [6, 6.07) is 7.91. The highest BCUT2D eigenvalue weighted by atomic mass is 16.2. The van der Waals surface area contributed by atoms with E-state index < -0.39 is 0 Å². The lowest BCUT2D eigenvalue weighted by atomic mass is 9.96. The van der Waals surface area contributed by atoms with Crippen LogP contribution < -0.4 is 10.2 Å². The van der Waals surface area contributed by atoms with Gasteiger partial charge in [0.05, 0.1) is 12.5 Å². The zero-order valence-corrected chi connectivity index (χ0v) is 20.8. The predicted molar refractivity (Wildman–Crippen MR) is 132 cm³/mol. The summed E-state index contributed by atoms with van der Waals surface area (Å²) in [6.07, 6.45) is 4.36. The Morgan fingerprint density at radius 1 is 1.06 bits per heavy atom. The second-order valence-electron chi connectivity index (χ2n) is 10.2. The molecule has 3 heterocycles. The first-order valence-electron chi connectivity index (χ1n) is 12.5. The van der Waals surface area contributed by atoms with Gasteiger partial charge < -0.3 is 20.0 Å². The molecule has 3 aliphatic rings. The molecule has 9 nitrogen and oxygen atoms in total. The Hall–Kier alpha value is -3.36. The maximum absolute atomic E-state index is 13.6. The van der Waals surface area contributed by atoms with E-state index in [-0.39, 0.29) is 23.6 Å². The zero-order valence-electron chi connectivity index (χ0n) is 20.8. The number of anilines is 1. The molecule has 5 rings (SSSR count). The number of carbonyl (C=O) groups is 3. The van der Waals surface area contributed by atoms with E-state index >= 15 is 0 Å². The number of nitrogens with one attached hydrogen (secondary N) is 1. The van der Waals surface area contributed by atoms with Crippen LogP contribution in [0, 0.1) is 5.92 Å². The molecule has 1 aliphatic carbocycles. The quantitative estimate of drug-likeness (QED) is 0.708. The van der Waals surface area contributed by atoms with Gasteiger partial charge in [0.15, 0.2) is 5.69 Å². The number of benzene rings is 1. The van der Waals surface area contributed by atoms with E-state index in [0.717, 1.165) is 42.6 Å². The molecular formula is C26H34N6O3. The molecule has 0 unspecified atom stereocenters. The maximum atomic E-state index is 13.6. The van der Waals surface area contributed by atoms with E-state index in [4.69, 9.17) is 0 Å². The number of piperidine rings is 1. The number of aromatic nitrogens is 2. The maximum Gasteiger partial charge on any atom is 0.274 e. The second kappa shape index (κ2) is 9.36. The van der Waals surface area contributed by atoms with Crippen molar-refractivity contribution in [2.45, 2.75) is 44.7 Å². The van der Waals surface area contributed by atoms with Crippen molar-refractivity contribution in [2.75, 3.05) is 38.6 Å². The number of rotatable bonds is 5. The van der Waals surface area contributed by atoms with E-state index in [1.54, 1.807) is 14.5 Å². The topological polar surface area (TPSA) is 90.8 Å². The Balaban J connectivity index is 1.33. The third-order valence-electron chi connectivity index (χ3n) is 7.34. The first-order valence-corrected chi connectivity index (χ1v) is 12.5. The number of nitrogens with zero attached hydrogens (tertiary/aromatic N) is 5. The molecule has 186 valence electrons. The highest BCUT2D eigenvalue weighted by molar-refractivity contribution is 5.97. The minimum atomic E-state index is -0.171. The molecule has 1 saturated heterocycles. The Kier molecular flexibility index (Phi) is 6.25. The van der Waals surface area contributed by atoms with Gasteiger partial charge in [0.25, 0.3) is 11.8 Å². The largest absolute Gasteiger partial charge is 0.378 e. The standard InChI is InChI=1S/C26H34N6O3/c1-29(2)20-8-4-6-17(14-20)25(34)32-13-11-22-21(16-32)23(28-30(22)3)26(35)31-12-5-7-18(15-31)24(33)27-19-9-10-19/h4,6,8,14,18-19H,5,7,9-13,15-16H2,1-3H3,(H,27,33)/t18-/m1/s1. The van der Waals surface area contributed by atoms with Crippen molar-refractivity contribution >= 4 is 23.4 Å². The van der Waals surface area contributed by atoms with Crippen LogP contribution >= 0.6 is 0 Å². The lowest BCUT2D eigenvalue weighted by molar-refractivity contribution is -0.126. The molecule has 1 atom stereocenters. The summed E-state index contributed by atoms with van der Waals surface area (Å²) in [6.45, 7) is 1.98. The summed E-state index contributed by atoms with van der Waals surface area (Å²) in [7, 11) is 5.76. The number of amides is 3. The summed E-state index contributed by atoms with van der Waals surface area (Å²) in [4.78, 5) is 45.0. The molecule has 35 heavy (non-hydrogen) atoms. The van der Waals surface area contributed by atoms with Crippen molar-refractivity contribution in [2.24, 2.45) is 13.0 Å². The van der Waals surface area contributed by atoms with Crippen LogP contribution in [0.5, 0.6) is 0 Å². The highest BCUT2D eigenvalue weighted by Gasteiger charge is 2.35. The van der Waals surface area contributed by atoms with Crippen LogP contribution in [-0.2, 0) is 24.8 Å². The first-order chi connectivity index (χ1) is 16.8. The van der Waals surface area contributed by atoms with Gasteiger partial charge in [-0.3, -0.25) is 19.1 Å². The molecule has 3 amide bonds. The van der Waals surface area contributed by atoms with Crippen LogP contribution in [0.1, 0.15) is 57.8 Å². The average molecular weight is 479 g/mol. The Labute approximate surface area is 206 Å². The molecule has 1 N–H and O–H groups in total. The van der Waals surface area contributed by atoms with Gasteiger partial charge in [-0.05, 0) is 43.9 Å². The van der Waals surface area contributed by atoms with Crippen molar-refractivity contribution in [1.82, 2.24) is 24.9 Å². The predicted octanol–water partition coefficient (Wildman–Crippen LogP) is 1.82. The number of carbonyl (C=O) groups excluding carboxylic acids is 3. The minimum absolute atomic E-state index is 0.0450. The normalized spacial score (nSPS) is 19.8. The lowest BCUT2D eigenvalue weighted by Crippen LogP contribution is -2.46. The van der Waals surface area contributed by atoms with Crippen molar-refractivity contribution in [3.63, 3.8) is 0 Å². The van der Waals surface area contributed by atoms with Gasteiger partial charge in [-0.1, -0.05) is 6.07 Å². The molecule has 2 fully saturated rings. The van der Waals surface area contributed by atoms with Crippen LogP contribution in [0.4, 0.5) is 5.69 Å². The summed E-state index contributed by atoms with van der Waals surface area (Å²) < 4.78 is 1.78. The van der Waals surface area contributed by atoms with Crippen molar-refractivity contribution in [3.8, 4) is 0 Å². The zero-order chi connectivity index (χ0) is 24.7. The molecule has 9 heteroatoms. The van der Waals surface area contributed by atoms with Crippen molar-refractivity contribution in [3.05, 3.63) is 46.8 Å². The Bertz CT molecular complexity index is 1150. The molecule has 0 bridgehead atoms. The summed E-state index contributed by atoms with van der Waals surface area (Å²) in [5, 5.41) is 7.66. The van der Waals surface area contributed by atoms with E-state index in [1.807, 2.05) is 50.3 Å². The van der Waals surface area contributed by atoms with E-state index in [0.29, 0.717) is 49.9 Å². The van der Waals surface area contributed by atoms with Crippen molar-refractivity contribution < 1.29 is 14.4 Å². The van der Waals surface area contributed by atoms with Gasteiger partial charge in [-0.25, -0.2) is 0 Å². The number of fused-ring (bicyclic) bond motifs is 1. The van der Waals surface area contributed by atoms with Crippen LogP contribution in [0.15, 0.2) is 24.3 Å². The van der Waals surface area contributed by atoms with Gasteiger partial charge in [-0.15, -0.1) is 0 Å². The van der Waals surface area contributed by atoms with Gasteiger partial charge >= 0.3 is 0 Å². The third kappa shape index (κ3) is 4.76. The monoisotopic (exact) mass is 478 g/mol. The van der Waals surface area contributed by atoms with E-state index in [1.165, 1.54) is 0 Å². The van der Waals surface area contributed by atoms with Crippen molar-refractivity contribution in [1.29, 1.82) is 0 Å². The van der Waals surface area contributed by atoms with Crippen LogP contribution in [0.2, 0.25) is 0 Å². The molecule has 2 aliphatic heterocycles. The van der Waals surface area contributed by atoms with Crippen LogP contribution in [0.25, 0.3) is 0 Å². The smallest absolute Gasteiger partial charge is 0.274 e. The number of hydrogen-bond acceptors (Lipinski definition) is 5. The van der Waals surface area contributed by atoms with E-state index in [9.17, 15) is 14.4 Å². The summed E-state index contributed by atoms with van der Waals surface area (Å²) in [5.74, 6) is -0.300. The number of hydrogen-bond donors (Lipinski definition) is 1. The van der Waals surface area contributed by atoms with Crippen LogP contribution in [0.3, 0.4) is 0 Å². The molecule has 0 spiro atoms. The highest BCUT2D eigenvalue weighted by Crippen LogP contribution is 2.27. The average Bonchev–Trinajstić information content (AvgIpc) is 3.63. The number of aryl methyl sites for hydroxylation is 1. The summed E-state index contributed by atoms with van der Waals surface area (Å²) in [5.41, 5.74) is 3.84. The Morgan fingerprint density at radius 3 is 2.60 bits per heavy atom. The Morgan fingerprint density at radius 2 is 1.86 bits per heavy atom. The molecule has 1 aromatic heterocycles. The van der Waals surface area contributed by atoms with Gasteiger partial charge in [0.1, 0.15) is 0 Å². The second-order valence-corrected chi connectivity index (χ2v) is 10.2. The van der Waals surface area contributed by atoms with E-state index in [2.05, 4.69) is 10.4 Å². The molecular weight excluding hydrogens is 444 g/mol. The fourth-order valence-electron chi connectivity index (χ4n) is 5.11. The third-order valence-corrected chi connectivity index (χ3v) is 7.34. The van der Waals surface area contributed by atoms with Gasteiger partial charge in [0.2, 0.25) is 5.91 Å². The molecule has 1 aromatic carbocycles. The van der Waals surface area contributed by atoms with Gasteiger partial charge in [-0.2, -0.15) is 5.10 Å². The minimum Gasteiger partial charge on any atom is -0.378 e. The first kappa shape index (κ1) is 23.4. The number of likely N-dealkylation sites (tertiary alicyclic amines) is 1. The lowest BCUT2D eigenvalue weighted by Gasteiger charge is -2.32. The SMILES string of the molecule is CN(C)c1cccc(C(=O)N2CCc3c(c(C(=O)N4CCC[C@@H](C(=O)NC5CC5)C4)nn3C)C2)c1. The van der Waals surface area contributed by atoms with Gasteiger partial charge in [0, 0.05) is 75.7 Å². The van der Waals surface area contributed by atoms with Crippen LogP contribution in [-0.4, -0.2) is 77.1 Å².